The monoisotopic (exact) mass is 297 g/mol. The molecule has 3 rings (SSSR count). The molecule has 1 amide bonds. The zero-order chi connectivity index (χ0) is 15.4. The van der Waals surface area contributed by atoms with Gasteiger partial charge in [-0.25, -0.2) is 0 Å². The van der Waals surface area contributed by atoms with Crippen molar-refractivity contribution in [1.29, 1.82) is 0 Å². The molecule has 0 bridgehead atoms. The number of carbonyl (C=O) groups is 2. The van der Waals surface area contributed by atoms with Gasteiger partial charge in [0.05, 0.1) is 12.3 Å². The summed E-state index contributed by atoms with van der Waals surface area (Å²) in [7, 11) is 0. The summed E-state index contributed by atoms with van der Waals surface area (Å²) < 4.78 is 5.42. The number of hydrogen-bond acceptors (Lipinski definition) is 3. The molecule has 114 valence electrons. The molecule has 0 saturated carbocycles. The van der Waals surface area contributed by atoms with Crippen molar-refractivity contribution in [2.75, 3.05) is 0 Å². The Bertz CT molecular complexity index is 660. The molecular weight excluding hydrogens is 278 g/mol. The number of carbonyl (C=O) groups excluding carboxylic acids is 2. The summed E-state index contributed by atoms with van der Waals surface area (Å²) in [5.74, 6) is 0.892. The molecule has 1 atom stereocenters. The average Bonchev–Trinajstić information content (AvgIpc) is 3.03. The number of amides is 1. The summed E-state index contributed by atoms with van der Waals surface area (Å²) in [6.45, 7) is 0. The van der Waals surface area contributed by atoms with E-state index in [1.165, 1.54) is 0 Å². The van der Waals surface area contributed by atoms with Crippen LogP contribution in [0.5, 0.6) is 0 Å². The van der Waals surface area contributed by atoms with E-state index >= 15 is 0 Å². The van der Waals surface area contributed by atoms with Crippen LogP contribution in [-0.2, 0) is 11.2 Å². The van der Waals surface area contributed by atoms with Crippen LogP contribution in [0.4, 0.5) is 0 Å². The van der Waals surface area contributed by atoms with Crippen molar-refractivity contribution in [3.63, 3.8) is 0 Å². The Morgan fingerprint density at radius 2 is 1.95 bits per heavy atom. The van der Waals surface area contributed by atoms with Crippen LogP contribution in [0.15, 0.2) is 47.1 Å². The van der Waals surface area contributed by atoms with Gasteiger partial charge in [0.15, 0.2) is 5.78 Å². The van der Waals surface area contributed by atoms with Gasteiger partial charge < -0.3 is 9.73 Å². The predicted octanol–water partition coefficient (Wildman–Crippen LogP) is 3.44. The number of nitrogens with one attached hydrogen (secondary N) is 1. The second-order valence-electron chi connectivity index (χ2n) is 5.60. The minimum absolute atomic E-state index is 0.00314. The third kappa shape index (κ3) is 3.27. The number of benzene rings is 1. The van der Waals surface area contributed by atoms with Crippen LogP contribution in [0.1, 0.15) is 53.4 Å². The van der Waals surface area contributed by atoms with Crippen LogP contribution in [0.2, 0.25) is 0 Å². The van der Waals surface area contributed by atoms with Gasteiger partial charge in [0.2, 0.25) is 5.91 Å². The Morgan fingerprint density at radius 1 is 1.14 bits per heavy atom. The van der Waals surface area contributed by atoms with E-state index in [-0.39, 0.29) is 30.6 Å². The molecule has 1 aromatic carbocycles. The molecule has 0 fully saturated rings. The lowest BCUT2D eigenvalue weighted by atomic mass is 9.93. The maximum atomic E-state index is 12.1. The van der Waals surface area contributed by atoms with Gasteiger partial charge in [-0.2, -0.15) is 0 Å². The fourth-order valence-electron chi connectivity index (χ4n) is 2.90. The Hall–Kier alpha value is -2.36. The van der Waals surface area contributed by atoms with Crippen molar-refractivity contribution >= 4 is 11.7 Å². The zero-order valence-electron chi connectivity index (χ0n) is 12.4. The summed E-state index contributed by atoms with van der Waals surface area (Å²) in [6, 6.07) is 11.0. The highest BCUT2D eigenvalue weighted by molar-refractivity contribution is 5.97. The van der Waals surface area contributed by atoms with Crippen molar-refractivity contribution in [2.45, 2.75) is 38.1 Å². The first-order valence-corrected chi connectivity index (χ1v) is 7.68. The van der Waals surface area contributed by atoms with Crippen LogP contribution in [-0.4, -0.2) is 11.7 Å². The third-order valence-corrected chi connectivity index (χ3v) is 4.06. The molecule has 4 heteroatoms. The Morgan fingerprint density at radius 3 is 2.77 bits per heavy atom. The number of rotatable bonds is 5. The molecule has 1 aromatic heterocycles. The number of hydrogen-bond donors (Lipinski definition) is 1. The third-order valence-electron chi connectivity index (χ3n) is 4.06. The average molecular weight is 297 g/mol. The van der Waals surface area contributed by atoms with Gasteiger partial charge in [-0.3, -0.25) is 9.59 Å². The minimum Gasteiger partial charge on any atom is -0.469 e. The maximum absolute atomic E-state index is 12.1. The van der Waals surface area contributed by atoms with Crippen molar-refractivity contribution in [1.82, 2.24) is 5.32 Å². The molecule has 2 aromatic rings. The highest BCUT2D eigenvalue weighted by atomic mass is 16.3. The molecule has 1 N–H and O–H groups in total. The molecule has 1 aliphatic rings. The van der Waals surface area contributed by atoms with E-state index in [9.17, 15) is 9.59 Å². The number of Topliss-reactive ketones (excluding diaryl/α,β-unsaturated/α-hetero) is 1. The van der Waals surface area contributed by atoms with Crippen molar-refractivity contribution < 1.29 is 14.0 Å². The number of furan rings is 1. The molecule has 0 spiro atoms. The smallest absolute Gasteiger partial charge is 0.220 e. The minimum atomic E-state index is -0.0802. The van der Waals surface area contributed by atoms with Crippen molar-refractivity contribution in [3.8, 4) is 0 Å². The second kappa shape index (κ2) is 6.60. The van der Waals surface area contributed by atoms with E-state index in [2.05, 4.69) is 5.32 Å². The summed E-state index contributed by atoms with van der Waals surface area (Å²) in [6.07, 6.45) is 4.99. The van der Waals surface area contributed by atoms with Gasteiger partial charge in [0, 0.05) is 30.4 Å². The molecule has 0 saturated heterocycles. The van der Waals surface area contributed by atoms with Crippen LogP contribution < -0.4 is 5.32 Å². The van der Waals surface area contributed by atoms with E-state index in [1.807, 2.05) is 24.3 Å². The van der Waals surface area contributed by atoms with Gasteiger partial charge in [-0.1, -0.05) is 30.3 Å². The molecule has 1 heterocycles. The standard InChI is InChI=1S/C18H19NO3/c20-16(13-5-2-1-3-6-13)9-10-18(21)19-15-7-4-8-17-14(15)11-12-22-17/h1-3,5-6,11-12,15H,4,7-10H2,(H,19,21). The lowest BCUT2D eigenvalue weighted by Crippen LogP contribution is -2.30. The number of ketones is 1. The van der Waals surface area contributed by atoms with E-state index in [0.717, 1.165) is 30.6 Å². The first-order valence-electron chi connectivity index (χ1n) is 7.68. The SMILES string of the molecule is O=C(CCC(=O)c1ccccc1)NC1CCCc2occc21. The lowest BCUT2D eigenvalue weighted by molar-refractivity contribution is -0.121. The molecule has 0 radical (unpaired) electrons. The molecular formula is C18H19NO3. The van der Waals surface area contributed by atoms with Crippen LogP contribution in [0, 0.1) is 0 Å². The molecule has 1 unspecified atom stereocenters. The van der Waals surface area contributed by atoms with Gasteiger partial charge >= 0.3 is 0 Å². The highest BCUT2D eigenvalue weighted by Gasteiger charge is 2.24. The van der Waals surface area contributed by atoms with E-state index in [1.54, 1.807) is 18.4 Å². The molecule has 1 aliphatic carbocycles. The molecule has 4 nitrogen and oxygen atoms in total. The molecule has 0 aliphatic heterocycles. The van der Waals surface area contributed by atoms with Crippen LogP contribution >= 0.6 is 0 Å². The fraction of sp³-hybridized carbons (Fsp3) is 0.333. The molecule has 22 heavy (non-hydrogen) atoms. The van der Waals surface area contributed by atoms with Gasteiger partial charge in [-0.15, -0.1) is 0 Å². The Kier molecular flexibility index (Phi) is 4.37. The maximum Gasteiger partial charge on any atom is 0.220 e. The van der Waals surface area contributed by atoms with E-state index < -0.39 is 0 Å². The van der Waals surface area contributed by atoms with Crippen molar-refractivity contribution in [2.24, 2.45) is 0 Å². The number of fused-ring (bicyclic) bond motifs is 1. The van der Waals surface area contributed by atoms with E-state index in [0.29, 0.717) is 5.56 Å². The first-order chi connectivity index (χ1) is 10.7. The quantitative estimate of drug-likeness (QED) is 0.860. The summed E-state index contributed by atoms with van der Waals surface area (Å²) >= 11 is 0. The summed E-state index contributed by atoms with van der Waals surface area (Å²) in [5.41, 5.74) is 1.74. The van der Waals surface area contributed by atoms with Gasteiger partial charge in [-0.05, 0) is 18.9 Å². The second-order valence-corrected chi connectivity index (χ2v) is 5.60. The van der Waals surface area contributed by atoms with Crippen LogP contribution in [0.25, 0.3) is 0 Å². The summed E-state index contributed by atoms with van der Waals surface area (Å²) in [5, 5.41) is 3.02. The Balaban J connectivity index is 1.53. The highest BCUT2D eigenvalue weighted by Crippen LogP contribution is 2.30. The van der Waals surface area contributed by atoms with Crippen LogP contribution in [0.3, 0.4) is 0 Å². The van der Waals surface area contributed by atoms with E-state index in [4.69, 9.17) is 4.42 Å². The van der Waals surface area contributed by atoms with Gasteiger partial charge in [0.1, 0.15) is 5.76 Å². The largest absolute Gasteiger partial charge is 0.469 e. The normalized spacial score (nSPS) is 16.8. The Labute approximate surface area is 129 Å². The zero-order valence-corrected chi connectivity index (χ0v) is 12.4. The first kappa shape index (κ1) is 14.6. The summed E-state index contributed by atoms with van der Waals surface area (Å²) in [4.78, 5) is 24.1. The lowest BCUT2D eigenvalue weighted by Gasteiger charge is -2.22. The van der Waals surface area contributed by atoms with Gasteiger partial charge in [0.25, 0.3) is 0 Å². The predicted molar refractivity (Wildman–Crippen MR) is 82.5 cm³/mol. The number of aryl methyl sites for hydroxylation is 1. The topological polar surface area (TPSA) is 59.3 Å². The fourth-order valence-corrected chi connectivity index (χ4v) is 2.90. The van der Waals surface area contributed by atoms with Crippen molar-refractivity contribution in [3.05, 3.63) is 59.5 Å².